The molecular weight excluding hydrogens is 523 g/mol. The fourth-order valence-electron chi connectivity index (χ4n) is 3.82. The van der Waals surface area contributed by atoms with Crippen molar-refractivity contribution in [3.05, 3.63) is 71.5 Å². The van der Waals surface area contributed by atoms with E-state index < -0.39 is 35.9 Å². The summed E-state index contributed by atoms with van der Waals surface area (Å²) < 4.78 is 54.8. The van der Waals surface area contributed by atoms with Crippen LogP contribution < -0.4 is 10.4 Å². The first-order valence-corrected chi connectivity index (χ1v) is 11.9. The van der Waals surface area contributed by atoms with Crippen LogP contribution in [0.1, 0.15) is 47.4 Å². The van der Waals surface area contributed by atoms with Crippen molar-refractivity contribution in [1.82, 2.24) is 10.6 Å². The SMILES string of the molecule is O=C(CC(=O)c1cccc(-c2cc(COC3CCCCO3)on2)c1)NN(C(=O)O)c1ccc(C(F)(F)F)cc1. The molecule has 1 fully saturated rings. The van der Waals surface area contributed by atoms with Gasteiger partial charge in [-0.05, 0) is 49.6 Å². The number of carbonyl (C=O) groups is 3. The molecule has 0 saturated carbocycles. The lowest BCUT2D eigenvalue weighted by Crippen LogP contribution is -2.46. The molecule has 2 heterocycles. The highest BCUT2D eigenvalue weighted by molar-refractivity contribution is 6.08. The number of ether oxygens (including phenoxy) is 2. The predicted octanol–water partition coefficient (Wildman–Crippen LogP) is 5.19. The minimum Gasteiger partial charge on any atom is -0.463 e. The number of alkyl halides is 3. The van der Waals surface area contributed by atoms with Crippen LogP contribution in [-0.2, 0) is 27.1 Å². The van der Waals surface area contributed by atoms with Gasteiger partial charge in [-0.2, -0.15) is 18.2 Å². The van der Waals surface area contributed by atoms with Crippen LogP contribution in [0.3, 0.4) is 0 Å². The number of aromatic nitrogens is 1. The molecular formula is C26H24F3N3O7. The summed E-state index contributed by atoms with van der Waals surface area (Å²) in [5.41, 5.74) is 1.95. The van der Waals surface area contributed by atoms with E-state index in [-0.39, 0.29) is 24.1 Å². The van der Waals surface area contributed by atoms with Crippen molar-refractivity contribution in [3.8, 4) is 11.3 Å². The van der Waals surface area contributed by atoms with E-state index in [2.05, 4.69) is 5.16 Å². The number of hydrogen-bond acceptors (Lipinski definition) is 7. The quantitative estimate of drug-likeness (QED) is 0.224. The lowest BCUT2D eigenvalue weighted by atomic mass is 10.0. The average Bonchev–Trinajstić information content (AvgIpc) is 3.40. The first-order chi connectivity index (χ1) is 18.6. The number of rotatable bonds is 8. The van der Waals surface area contributed by atoms with Crippen LogP contribution in [0, 0.1) is 0 Å². The van der Waals surface area contributed by atoms with Crippen molar-refractivity contribution < 1.29 is 46.7 Å². The van der Waals surface area contributed by atoms with Gasteiger partial charge in [0.05, 0.1) is 17.7 Å². The second-order valence-electron chi connectivity index (χ2n) is 8.66. The maximum atomic E-state index is 12.8. The number of benzene rings is 2. The Bertz CT molecular complexity index is 1320. The molecule has 1 saturated heterocycles. The summed E-state index contributed by atoms with van der Waals surface area (Å²) >= 11 is 0. The van der Waals surface area contributed by atoms with Crippen LogP contribution in [0.15, 0.2) is 59.1 Å². The Morgan fingerprint density at radius 2 is 1.87 bits per heavy atom. The molecule has 1 aromatic heterocycles. The number of hydrazine groups is 1. The predicted molar refractivity (Wildman–Crippen MR) is 129 cm³/mol. The molecule has 1 atom stereocenters. The molecule has 2 aromatic carbocycles. The van der Waals surface area contributed by atoms with Gasteiger partial charge in [0, 0.05) is 23.8 Å². The Morgan fingerprint density at radius 3 is 2.54 bits per heavy atom. The fraction of sp³-hybridized carbons (Fsp3) is 0.308. The molecule has 39 heavy (non-hydrogen) atoms. The third-order valence-electron chi connectivity index (χ3n) is 5.79. The number of carbonyl (C=O) groups excluding carboxylic acids is 2. The molecule has 1 unspecified atom stereocenters. The highest BCUT2D eigenvalue weighted by Crippen LogP contribution is 2.30. The molecule has 0 bridgehead atoms. The minimum absolute atomic E-state index is 0.162. The van der Waals surface area contributed by atoms with E-state index in [1.807, 2.05) is 5.43 Å². The van der Waals surface area contributed by atoms with Crippen molar-refractivity contribution in [2.75, 3.05) is 11.6 Å². The molecule has 10 nitrogen and oxygen atoms in total. The standard InChI is InChI=1S/C26H24F3N3O7/c27-26(28,29)18-7-9-19(10-8-18)32(25(35)36)30-23(34)14-22(33)17-5-3-4-16(12-17)21-13-20(39-31-21)15-38-24-6-1-2-11-37-24/h3-5,7-10,12-13,24H,1-2,6,11,14-15H2,(H,30,34)(H,35,36). The average molecular weight is 547 g/mol. The smallest absolute Gasteiger partial charge is 0.431 e. The molecule has 13 heteroatoms. The number of hydrogen-bond donors (Lipinski definition) is 2. The third-order valence-corrected chi connectivity index (χ3v) is 5.79. The second kappa shape index (κ2) is 12.1. The fourth-order valence-corrected chi connectivity index (χ4v) is 3.82. The van der Waals surface area contributed by atoms with Crippen LogP contribution >= 0.6 is 0 Å². The number of amides is 2. The number of nitrogens with zero attached hydrogens (tertiary/aromatic N) is 2. The van der Waals surface area contributed by atoms with Crippen LogP contribution in [0.4, 0.5) is 23.7 Å². The Labute approximate surface area is 220 Å². The summed E-state index contributed by atoms with van der Waals surface area (Å²) in [5, 5.41) is 13.7. The van der Waals surface area contributed by atoms with Crippen LogP contribution in [0.5, 0.6) is 0 Å². The second-order valence-corrected chi connectivity index (χ2v) is 8.66. The third kappa shape index (κ3) is 7.42. The number of ketones is 1. The van der Waals surface area contributed by atoms with E-state index >= 15 is 0 Å². The van der Waals surface area contributed by atoms with E-state index in [4.69, 9.17) is 14.0 Å². The monoisotopic (exact) mass is 547 g/mol. The summed E-state index contributed by atoms with van der Waals surface area (Å²) in [4.78, 5) is 36.8. The van der Waals surface area contributed by atoms with Gasteiger partial charge in [-0.15, -0.1) is 0 Å². The maximum Gasteiger partial charge on any atom is 0.431 e. The number of nitrogens with one attached hydrogen (secondary N) is 1. The lowest BCUT2D eigenvalue weighted by Gasteiger charge is -2.21. The molecule has 2 amide bonds. The molecule has 1 aliphatic heterocycles. The van der Waals surface area contributed by atoms with Crippen molar-refractivity contribution >= 4 is 23.5 Å². The number of halogens is 3. The zero-order valence-electron chi connectivity index (χ0n) is 20.4. The molecule has 4 rings (SSSR count). The molecule has 2 N–H and O–H groups in total. The van der Waals surface area contributed by atoms with E-state index in [1.54, 1.807) is 18.2 Å². The number of carboxylic acid groups (broad SMARTS) is 1. The largest absolute Gasteiger partial charge is 0.463 e. The Morgan fingerprint density at radius 1 is 1.10 bits per heavy atom. The van der Waals surface area contributed by atoms with Crippen LogP contribution in [0.25, 0.3) is 11.3 Å². The summed E-state index contributed by atoms with van der Waals surface area (Å²) in [7, 11) is 0. The van der Waals surface area contributed by atoms with Gasteiger partial charge in [-0.1, -0.05) is 23.4 Å². The van der Waals surface area contributed by atoms with E-state index in [0.717, 1.165) is 31.4 Å². The van der Waals surface area contributed by atoms with Crippen molar-refractivity contribution in [2.45, 2.75) is 44.8 Å². The van der Waals surface area contributed by atoms with Crippen LogP contribution in [0.2, 0.25) is 0 Å². The van der Waals surface area contributed by atoms with Gasteiger partial charge in [-0.3, -0.25) is 15.0 Å². The van der Waals surface area contributed by atoms with Gasteiger partial charge in [0.1, 0.15) is 12.3 Å². The number of Topliss-reactive ketones (excluding diaryl/α,β-unsaturated/α-hetero) is 1. The van der Waals surface area contributed by atoms with Crippen LogP contribution in [-0.4, -0.2) is 40.9 Å². The van der Waals surface area contributed by atoms with Crippen molar-refractivity contribution in [2.24, 2.45) is 0 Å². The number of anilines is 1. The van der Waals surface area contributed by atoms with E-state index in [1.165, 1.54) is 12.1 Å². The molecule has 0 spiro atoms. The van der Waals surface area contributed by atoms with E-state index in [0.29, 0.717) is 40.8 Å². The van der Waals surface area contributed by atoms with Gasteiger partial charge in [0.25, 0.3) is 0 Å². The first-order valence-electron chi connectivity index (χ1n) is 11.9. The first kappa shape index (κ1) is 27.8. The van der Waals surface area contributed by atoms with Gasteiger partial charge in [0.15, 0.2) is 17.8 Å². The van der Waals surface area contributed by atoms with Crippen molar-refractivity contribution in [1.29, 1.82) is 0 Å². The highest BCUT2D eigenvalue weighted by atomic mass is 19.4. The zero-order chi connectivity index (χ0) is 28.0. The zero-order valence-corrected chi connectivity index (χ0v) is 20.4. The Kier molecular flexibility index (Phi) is 8.62. The molecule has 3 aromatic rings. The summed E-state index contributed by atoms with van der Waals surface area (Å²) in [6.07, 6.45) is -4.45. The van der Waals surface area contributed by atoms with Gasteiger partial charge in [-0.25, -0.2) is 4.79 Å². The summed E-state index contributed by atoms with van der Waals surface area (Å²) in [6, 6.07) is 11.1. The Hall–Kier alpha value is -4.23. The van der Waals surface area contributed by atoms with Crippen molar-refractivity contribution in [3.63, 3.8) is 0 Å². The van der Waals surface area contributed by atoms with Gasteiger partial charge < -0.3 is 19.1 Å². The minimum atomic E-state index is -4.61. The molecule has 206 valence electrons. The van der Waals surface area contributed by atoms with Gasteiger partial charge >= 0.3 is 12.3 Å². The molecule has 0 radical (unpaired) electrons. The highest BCUT2D eigenvalue weighted by Gasteiger charge is 2.30. The topological polar surface area (TPSA) is 131 Å². The summed E-state index contributed by atoms with van der Waals surface area (Å²) in [6.45, 7) is 0.810. The van der Waals surface area contributed by atoms with Gasteiger partial charge in [0.2, 0.25) is 5.91 Å². The molecule has 1 aliphatic rings. The normalized spacial score (nSPS) is 15.5. The Balaban J connectivity index is 1.37. The van der Waals surface area contributed by atoms with E-state index in [9.17, 15) is 32.7 Å². The maximum absolute atomic E-state index is 12.8. The lowest BCUT2D eigenvalue weighted by molar-refractivity contribution is -0.171. The summed E-state index contributed by atoms with van der Waals surface area (Å²) in [5.74, 6) is -1.13. The molecule has 0 aliphatic carbocycles.